The summed E-state index contributed by atoms with van der Waals surface area (Å²) in [5, 5.41) is 18.2. The molecule has 0 atom stereocenters. The molecule has 6 heteroatoms. The maximum absolute atomic E-state index is 12.0. The van der Waals surface area contributed by atoms with Gasteiger partial charge in [-0.2, -0.15) is 0 Å². The van der Waals surface area contributed by atoms with Gasteiger partial charge >= 0.3 is 0 Å². The van der Waals surface area contributed by atoms with Crippen molar-refractivity contribution < 1.29 is 10.0 Å². The van der Waals surface area contributed by atoms with Gasteiger partial charge in [-0.15, -0.1) is 0 Å². The second-order valence-corrected chi connectivity index (χ2v) is 5.33. The number of nitrogens with zero attached hydrogens (tertiary/aromatic N) is 2. The Labute approximate surface area is 132 Å². The fourth-order valence-corrected chi connectivity index (χ4v) is 1.97. The van der Waals surface area contributed by atoms with Crippen molar-refractivity contribution in [1.29, 1.82) is 0 Å². The Bertz CT molecular complexity index is 460. The second kappa shape index (κ2) is 10.8. The predicted octanol–water partition coefficient (Wildman–Crippen LogP) is 0.913. The lowest BCUT2D eigenvalue weighted by atomic mass is 10.1. The van der Waals surface area contributed by atoms with Gasteiger partial charge in [0.1, 0.15) is 0 Å². The first-order valence-electron chi connectivity index (χ1n) is 7.56. The number of carbonyl (C=O) groups is 1. The SMILES string of the molecule is CN(C)CCCNCCCNC(=O)/C(=N\O)c1ccccc1. The largest absolute Gasteiger partial charge is 0.410 e. The predicted molar refractivity (Wildman–Crippen MR) is 88.4 cm³/mol. The Kier molecular flexibility index (Phi) is 8.86. The minimum absolute atomic E-state index is 0.0412. The van der Waals surface area contributed by atoms with Crippen molar-refractivity contribution in [3.05, 3.63) is 35.9 Å². The maximum Gasteiger partial charge on any atom is 0.273 e. The molecule has 0 bridgehead atoms. The van der Waals surface area contributed by atoms with Gasteiger partial charge in [-0.1, -0.05) is 35.5 Å². The molecule has 6 nitrogen and oxygen atoms in total. The van der Waals surface area contributed by atoms with Crippen molar-refractivity contribution in [3.8, 4) is 0 Å². The Hall–Kier alpha value is -1.92. The number of benzene rings is 1. The summed E-state index contributed by atoms with van der Waals surface area (Å²) in [6, 6.07) is 8.91. The highest BCUT2D eigenvalue weighted by Crippen LogP contribution is 2.01. The summed E-state index contributed by atoms with van der Waals surface area (Å²) in [5.41, 5.74) is 0.642. The normalized spacial score (nSPS) is 11.7. The fraction of sp³-hybridized carbons (Fsp3) is 0.500. The van der Waals surface area contributed by atoms with Crippen LogP contribution in [0, 0.1) is 0 Å². The summed E-state index contributed by atoms with van der Waals surface area (Å²) in [6.45, 7) is 3.44. The summed E-state index contributed by atoms with van der Waals surface area (Å²) < 4.78 is 0. The molecule has 1 rings (SSSR count). The fourth-order valence-electron chi connectivity index (χ4n) is 1.97. The van der Waals surface area contributed by atoms with Crippen molar-refractivity contribution in [2.75, 3.05) is 40.3 Å². The maximum atomic E-state index is 12.0. The minimum Gasteiger partial charge on any atom is -0.410 e. The van der Waals surface area contributed by atoms with Gasteiger partial charge in [-0.05, 0) is 46.6 Å². The molecule has 22 heavy (non-hydrogen) atoms. The van der Waals surface area contributed by atoms with Gasteiger partial charge in [0.05, 0.1) is 0 Å². The summed E-state index contributed by atoms with van der Waals surface area (Å²) in [5.74, 6) is -0.360. The number of nitrogens with one attached hydrogen (secondary N) is 2. The lowest BCUT2D eigenvalue weighted by Crippen LogP contribution is -2.34. The second-order valence-electron chi connectivity index (χ2n) is 5.33. The highest BCUT2D eigenvalue weighted by atomic mass is 16.4. The van der Waals surface area contributed by atoms with E-state index in [0.717, 1.165) is 32.5 Å². The third kappa shape index (κ3) is 7.19. The molecule has 0 saturated heterocycles. The first-order chi connectivity index (χ1) is 10.6. The minimum atomic E-state index is -0.360. The Morgan fingerprint density at radius 2 is 1.82 bits per heavy atom. The molecule has 3 N–H and O–H groups in total. The molecular formula is C16H26N4O2. The quantitative estimate of drug-likeness (QED) is 0.260. The first-order valence-corrected chi connectivity index (χ1v) is 7.56. The zero-order chi connectivity index (χ0) is 16.2. The van der Waals surface area contributed by atoms with E-state index in [1.807, 2.05) is 6.07 Å². The van der Waals surface area contributed by atoms with Crippen LogP contribution in [0.3, 0.4) is 0 Å². The molecule has 1 amide bonds. The Morgan fingerprint density at radius 1 is 1.14 bits per heavy atom. The van der Waals surface area contributed by atoms with E-state index in [9.17, 15) is 4.79 Å². The number of amides is 1. The van der Waals surface area contributed by atoms with Crippen molar-refractivity contribution in [2.45, 2.75) is 12.8 Å². The van der Waals surface area contributed by atoms with Crippen LogP contribution in [0.2, 0.25) is 0 Å². The molecule has 0 spiro atoms. The van der Waals surface area contributed by atoms with Crippen LogP contribution in [0.1, 0.15) is 18.4 Å². The topological polar surface area (TPSA) is 77.0 Å². The van der Waals surface area contributed by atoms with E-state index in [1.165, 1.54) is 0 Å². The van der Waals surface area contributed by atoms with E-state index in [-0.39, 0.29) is 11.6 Å². The molecule has 0 unspecified atom stereocenters. The average molecular weight is 306 g/mol. The monoisotopic (exact) mass is 306 g/mol. The summed E-state index contributed by atoms with van der Waals surface area (Å²) in [4.78, 5) is 14.1. The third-order valence-electron chi connectivity index (χ3n) is 3.14. The van der Waals surface area contributed by atoms with Crippen LogP contribution >= 0.6 is 0 Å². The molecule has 122 valence electrons. The van der Waals surface area contributed by atoms with Crippen LogP contribution in [-0.4, -0.2) is 62.0 Å². The van der Waals surface area contributed by atoms with E-state index in [2.05, 4.69) is 34.8 Å². The van der Waals surface area contributed by atoms with Crippen LogP contribution in [-0.2, 0) is 4.79 Å². The van der Waals surface area contributed by atoms with Gasteiger partial charge in [0.2, 0.25) is 0 Å². The van der Waals surface area contributed by atoms with Gasteiger partial charge in [-0.3, -0.25) is 4.79 Å². The van der Waals surface area contributed by atoms with E-state index in [4.69, 9.17) is 5.21 Å². The van der Waals surface area contributed by atoms with Gasteiger partial charge in [-0.25, -0.2) is 0 Å². The van der Waals surface area contributed by atoms with Crippen molar-refractivity contribution >= 4 is 11.6 Å². The Balaban J connectivity index is 2.18. The van der Waals surface area contributed by atoms with Crippen molar-refractivity contribution in [3.63, 3.8) is 0 Å². The van der Waals surface area contributed by atoms with Crippen molar-refractivity contribution in [1.82, 2.24) is 15.5 Å². The van der Waals surface area contributed by atoms with E-state index >= 15 is 0 Å². The number of rotatable bonds is 10. The molecule has 0 aromatic heterocycles. The van der Waals surface area contributed by atoms with Crippen LogP contribution in [0.5, 0.6) is 0 Å². The number of hydrogen-bond acceptors (Lipinski definition) is 5. The standard InChI is InChI=1S/C16H26N4O2/c1-20(2)13-7-11-17-10-6-12-18-16(21)15(19-22)14-8-4-3-5-9-14/h3-5,8-9,17,22H,6-7,10-13H2,1-2H3,(H,18,21)/b19-15-. The third-order valence-corrected chi connectivity index (χ3v) is 3.14. The Morgan fingerprint density at radius 3 is 2.45 bits per heavy atom. The van der Waals surface area contributed by atoms with Crippen molar-refractivity contribution in [2.24, 2.45) is 5.16 Å². The molecule has 0 aliphatic rings. The van der Waals surface area contributed by atoms with Gasteiger partial charge in [0, 0.05) is 12.1 Å². The number of carbonyl (C=O) groups excluding carboxylic acids is 1. The molecule has 0 aliphatic heterocycles. The van der Waals surface area contributed by atoms with E-state index in [0.29, 0.717) is 12.1 Å². The summed E-state index contributed by atoms with van der Waals surface area (Å²) >= 11 is 0. The highest BCUT2D eigenvalue weighted by molar-refractivity contribution is 6.45. The van der Waals surface area contributed by atoms with Crippen LogP contribution in [0.4, 0.5) is 0 Å². The van der Waals surface area contributed by atoms with E-state index in [1.54, 1.807) is 24.3 Å². The molecule has 1 aromatic carbocycles. The molecule has 0 radical (unpaired) electrons. The zero-order valence-corrected chi connectivity index (χ0v) is 13.4. The molecular weight excluding hydrogens is 280 g/mol. The summed E-state index contributed by atoms with van der Waals surface area (Å²) in [7, 11) is 4.12. The molecule has 0 saturated carbocycles. The zero-order valence-electron chi connectivity index (χ0n) is 13.4. The molecule has 0 fully saturated rings. The highest BCUT2D eigenvalue weighted by Gasteiger charge is 2.13. The van der Waals surface area contributed by atoms with Gasteiger partial charge in [0.15, 0.2) is 5.71 Å². The first kappa shape index (κ1) is 18.1. The van der Waals surface area contributed by atoms with Crippen LogP contribution in [0.15, 0.2) is 35.5 Å². The molecule has 1 aromatic rings. The number of hydrogen-bond donors (Lipinski definition) is 3. The molecule has 0 heterocycles. The van der Waals surface area contributed by atoms with Gasteiger partial charge < -0.3 is 20.7 Å². The van der Waals surface area contributed by atoms with Crippen LogP contribution < -0.4 is 10.6 Å². The molecule has 0 aliphatic carbocycles. The summed E-state index contributed by atoms with van der Waals surface area (Å²) in [6.07, 6.45) is 1.94. The van der Waals surface area contributed by atoms with Gasteiger partial charge in [0.25, 0.3) is 5.91 Å². The lowest BCUT2D eigenvalue weighted by molar-refractivity contribution is -0.114. The number of oxime groups is 1. The average Bonchev–Trinajstić information content (AvgIpc) is 2.51. The lowest BCUT2D eigenvalue weighted by Gasteiger charge is -2.10. The van der Waals surface area contributed by atoms with E-state index < -0.39 is 0 Å². The van der Waals surface area contributed by atoms with Crippen LogP contribution in [0.25, 0.3) is 0 Å². The smallest absolute Gasteiger partial charge is 0.273 e.